The highest BCUT2D eigenvalue weighted by Crippen LogP contribution is 2.30. The number of amides is 3. The third-order valence-corrected chi connectivity index (χ3v) is 5.41. The van der Waals surface area contributed by atoms with E-state index in [4.69, 9.17) is 0 Å². The molecule has 0 aliphatic rings. The number of carbonyl (C=O) groups excluding carboxylic acids is 2. The van der Waals surface area contributed by atoms with Crippen molar-refractivity contribution in [1.29, 1.82) is 0 Å². The molecule has 0 unspecified atom stereocenters. The van der Waals surface area contributed by atoms with Gasteiger partial charge in [-0.15, -0.1) is 0 Å². The Morgan fingerprint density at radius 3 is 2.46 bits per heavy atom. The first-order valence-electron chi connectivity index (χ1n) is 10.7. The molecule has 12 heteroatoms. The van der Waals surface area contributed by atoms with Crippen LogP contribution in [-0.2, 0) is 0 Å². The maximum Gasteiger partial charge on any atom is 0.321 e. The SMILES string of the molecule is CN(C)C(=O)Nc1cncc(-c2cnc3n[nH]c(-c4nc5c(C(=O)N(C)C)cncc5[nH]4)c3c2)c1. The number of anilines is 1. The molecule has 0 aliphatic carbocycles. The zero-order chi connectivity index (χ0) is 24.7. The second kappa shape index (κ2) is 8.48. The highest BCUT2D eigenvalue weighted by molar-refractivity contribution is 6.05. The number of imidazole rings is 1. The standard InChI is InChI=1S/C23H22N10O2/c1-32(2)22(34)16-10-25-11-17-18(16)29-21(28-17)19-15-6-13(8-26-20(15)31-30-19)12-5-14(9-24-7-12)27-23(35)33(3)4/h5-11H,1-4H3,(H,27,35)(H,28,29)(H,26,30,31). The van der Waals surface area contributed by atoms with Gasteiger partial charge in [0, 0.05) is 57.9 Å². The van der Waals surface area contributed by atoms with Crippen LogP contribution in [0.4, 0.5) is 10.5 Å². The van der Waals surface area contributed by atoms with Gasteiger partial charge in [-0.3, -0.25) is 19.9 Å². The molecule has 5 aromatic heterocycles. The van der Waals surface area contributed by atoms with Crippen molar-refractivity contribution in [2.75, 3.05) is 33.5 Å². The molecule has 0 atom stereocenters. The van der Waals surface area contributed by atoms with Crippen LogP contribution in [-0.4, -0.2) is 85.0 Å². The third-order valence-electron chi connectivity index (χ3n) is 5.41. The Hall–Kier alpha value is -4.87. The van der Waals surface area contributed by atoms with Crippen LogP contribution in [0, 0.1) is 0 Å². The van der Waals surface area contributed by atoms with Crippen molar-refractivity contribution < 1.29 is 9.59 Å². The number of carbonyl (C=O) groups is 2. The quantitative estimate of drug-likeness (QED) is 0.366. The Bertz CT molecular complexity index is 1580. The molecule has 176 valence electrons. The Labute approximate surface area is 199 Å². The number of pyridine rings is 3. The summed E-state index contributed by atoms with van der Waals surface area (Å²) in [7, 11) is 6.69. The number of aromatic amines is 2. The smallest absolute Gasteiger partial charge is 0.321 e. The first-order valence-corrected chi connectivity index (χ1v) is 10.7. The summed E-state index contributed by atoms with van der Waals surface area (Å²) >= 11 is 0. The zero-order valence-electron chi connectivity index (χ0n) is 19.5. The van der Waals surface area contributed by atoms with Gasteiger partial charge in [0.1, 0.15) is 11.2 Å². The van der Waals surface area contributed by atoms with Gasteiger partial charge in [0.25, 0.3) is 5.91 Å². The monoisotopic (exact) mass is 470 g/mol. The van der Waals surface area contributed by atoms with E-state index in [1.807, 2.05) is 12.1 Å². The van der Waals surface area contributed by atoms with Crippen LogP contribution in [0.15, 0.2) is 43.1 Å². The van der Waals surface area contributed by atoms with E-state index in [0.717, 1.165) is 16.5 Å². The highest BCUT2D eigenvalue weighted by Gasteiger charge is 2.19. The normalized spacial score (nSPS) is 11.1. The lowest BCUT2D eigenvalue weighted by Gasteiger charge is -2.12. The minimum atomic E-state index is -0.249. The van der Waals surface area contributed by atoms with Crippen molar-refractivity contribution in [1.82, 2.24) is 44.9 Å². The summed E-state index contributed by atoms with van der Waals surface area (Å²) in [6.45, 7) is 0. The van der Waals surface area contributed by atoms with E-state index in [0.29, 0.717) is 39.4 Å². The Kier molecular flexibility index (Phi) is 5.32. The van der Waals surface area contributed by atoms with E-state index in [1.54, 1.807) is 53.0 Å². The molecular formula is C23H22N10O2. The maximum atomic E-state index is 12.6. The van der Waals surface area contributed by atoms with Crippen LogP contribution in [0.25, 0.3) is 44.7 Å². The molecule has 35 heavy (non-hydrogen) atoms. The van der Waals surface area contributed by atoms with Crippen molar-refractivity contribution in [3.63, 3.8) is 0 Å². The van der Waals surface area contributed by atoms with Crippen molar-refractivity contribution in [2.45, 2.75) is 0 Å². The Morgan fingerprint density at radius 2 is 1.69 bits per heavy atom. The van der Waals surface area contributed by atoms with Crippen LogP contribution in [0.1, 0.15) is 10.4 Å². The molecule has 0 aromatic carbocycles. The molecule has 0 spiro atoms. The largest absolute Gasteiger partial charge is 0.345 e. The summed E-state index contributed by atoms with van der Waals surface area (Å²) in [6, 6.07) is 3.50. The summed E-state index contributed by atoms with van der Waals surface area (Å²) in [5.41, 5.74) is 4.82. The predicted molar refractivity (Wildman–Crippen MR) is 131 cm³/mol. The molecule has 0 saturated carbocycles. The number of nitrogens with one attached hydrogen (secondary N) is 3. The summed E-state index contributed by atoms with van der Waals surface area (Å²) < 4.78 is 0. The highest BCUT2D eigenvalue weighted by atomic mass is 16.2. The van der Waals surface area contributed by atoms with Gasteiger partial charge in [-0.1, -0.05) is 0 Å². The summed E-state index contributed by atoms with van der Waals surface area (Å²) in [4.78, 5) is 48.3. The minimum absolute atomic E-state index is 0.187. The Balaban J connectivity index is 1.56. The topological polar surface area (TPSA) is 149 Å². The molecule has 0 radical (unpaired) electrons. The summed E-state index contributed by atoms with van der Waals surface area (Å²) in [5, 5.41) is 10.8. The van der Waals surface area contributed by atoms with Gasteiger partial charge in [0.05, 0.1) is 34.5 Å². The van der Waals surface area contributed by atoms with Crippen molar-refractivity contribution in [2.24, 2.45) is 0 Å². The van der Waals surface area contributed by atoms with Crippen LogP contribution in [0.3, 0.4) is 0 Å². The first-order chi connectivity index (χ1) is 16.8. The molecular weight excluding hydrogens is 448 g/mol. The van der Waals surface area contributed by atoms with Gasteiger partial charge >= 0.3 is 6.03 Å². The second-order valence-electron chi connectivity index (χ2n) is 8.35. The van der Waals surface area contributed by atoms with Gasteiger partial charge in [0.15, 0.2) is 11.5 Å². The Morgan fingerprint density at radius 1 is 0.914 bits per heavy atom. The molecule has 5 aromatic rings. The van der Waals surface area contributed by atoms with E-state index in [9.17, 15) is 9.59 Å². The molecule has 3 N–H and O–H groups in total. The van der Waals surface area contributed by atoms with Crippen molar-refractivity contribution in [3.05, 3.63) is 48.7 Å². The number of hydrogen-bond acceptors (Lipinski definition) is 7. The summed E-state index contributed by atoms with van der Waals surface area (Å²) in [6.07, 6.45) is 8.10. The van der Waals surface area contributed by atoms with Crippen LogP contribution in [0.2, 0.25) is 0 Å². The summed E-state index contributed by atoms with van der Waals surface area (Å²) in [5.74, 6) is 0.320. The molecule has 5 rings (SSSR count). The number of hydrogen-bond donors (Lipinski definition) is 3. The zero-order valence-corrected chi connectivity index (χ0v) is 19.5. The van der Waals surface area contributed by atoms with Crippen LogP contribution < -0.4 is 5.32 Å². The molecule has 3 amide bonds. The second-order valence-corrected chi connectivity index (χ2v) is 8.35. The molecule has 0 saturated heterocycles. The van der Waals surface area contributed by atoms with Crippen LogP contribution in [0.5, 0.6) is 0 Å². The number of urea groups is 1. The van der Waals surface area contributed by atoms with E-state index in [-0.39, 0.29) is 11.9 Å². The lowest BCUT2D eigenvalue weighted by Crippen LogP contribution is -2.27. The fourth-order valence-corrected chi connectivity index (χ4v) is 3.59. The molecule has 5 heterocycles. The lowest BCUT2D eigenvalue weighted by atomic mass is 10.1. The number of fused-ring (bicyclic) bond motifs is 2. The minimum Gasteiger partial charge on any atom is -0.345 e. The van der Waals surface area contributed by atoms with E-state index in [1.165, 1.54) is 16.0 Å². The van der Waals surface area contributed by atoms with E-state index in [2.05, 4.69) is 40.4 Å². The number of aromatic nitrogens is 7. The van der Waals surface area contributed by atoms with Crippen LogP contribution >= 0.6 is 0 Å². The lowest BCUT2D eigenvalue weighted by molar-refractivity contribution is 0.0829. The predicted octanol–water partition coefficient (Wildman–Crippen LogP) is 2.75. The number of rotatable bonds is 4. The number of H-pyrrole nitrogens is 2. The first kappa shape index (κ1) is 21.9. The van der Waals surface area contributed by atoms with Gasteiger partial charge in [0.2, 0.25) is 0 Å². The van der Waals surface area contributed by atoms with Gasteiger partial charge < -0.3 is 20.1 Å². The average Bonchev–Trinajstić information content (AvgIpc) is 3.47. The molecule has 12 nitrogen and oxygen atoms in total. The fraction of sp³-hybridized carbons (Fsp3) is 0.174. The van der Waals surface area contributed by atoms with E-state index >= 15 is 0 Å². The fourth-order valence-electron chi connectivity index (χ4n) is 3.59. The van der Waals surface area contributed by atoms with Crippen molar-refractivity contribution in [3.8, 4) is 22.6 Å². The van der Waals surface area contributed by atoms with E-state index < -0.39 is 0 Å². The maximum absolute atomic E-state index is 12.6. The average molecular weight is 470 g/mol. The van der Waals surface area contributed by atoms with Gasteiger partial charge in [-0.25, -0.2) is 14.8 Å². The van der Waals surface area contributed by atoms with Crippen molar-refractivity contribution >= 4 is 39.7 Å². The third kappa shape index (κ3) is 4.01. The molecule has 0 bridgehead atoms. The number of nitrogens with zero attached hydrogens (tertiary/aromatic N) is 7. The van der Waals surface area contributed by atoms with Gasteiger partial charge in [-0.2, -0.15) is 5.10 Å². The molecule has 0 fully saturated rings. The van der Waals surface area contributed by atoms with Gasteiger partial charge in [-0.05, 0) is 12.1 Å². The molecule has 0 aliphatic heterocycles.